The standard InChI is InChI=1S/C12H8F2N4O2/c13-6-2-1-3-7(14)5(6)4-8-15-9-10(16-8)17-12(20)18-11(9)19/h1-3H,4H2,(H3,15,16,17,18,19,20). The number of aromatic amines is 3. The van der Waals surface area contributed by atoms with E-state index in [1.165, 1.54) is 6.07 Å². The number of nitrogens with zero attached hydrogens (tertiary/aromatic N) is 1. The molecule has 2 aromatic heterocycles. The minimum absolute atomic E-state index is 0.0468. The lowest BCUT2D eigenvalue weighted by molar-refractivity contribution is 0.559. The number of rotatable bonds is 2. The Bertz CT molecular complexity index is 889. The van der Waals surface area contributed by atoms with Crippen molar-refractivity contribution in [2.75, 3.05) is 0 Å². The van der Waals surface area contributed by atoms with E-state index in [0.717, 1.165) is 12.1 Å². The second-order valence-corrected chi connectivity index (χ2v) is 4.19. The van der Waals surface area contributed by atoms with Crippen LogP contribution in [0.1, 0.15) is 11.4 Å². The van der Waals surface area contributed by atoms with Crippen molar-refractivity contribution in [3.63, 3.8) is 0 Å². The van der Waals surface area contributed by atoms with Gasteiger partial charge in [0.25, 0.3) is 5.56 Å². The summed E-state index contributed by atoms with van der Waals surface area (Å²) in [6, 6.07) is 3.53. The molecule has 0 aliphatic carbocycles. The predicted octanol–water partition coefficient (Wildman–Crippen LogP) is 0.809. The van der Waals surface area contributed by atoms with Crippen LogP contribution in [0.4, 0.5) is 8.78 Å². The third kappa shape index (κ3) is 2.00. The summed E-state index contributed by atoms with van der Waals surface area (Å²) in [5.41, 5.74) is -1.40. The molecule has 0 radical (unpaired) electrons. The van der Waals surface area contributed by atoms with Gasteiger partial charge in [0, 0.05) is 12.0 Å². The zero-order valence-corrected chi connectivity index (χ0v) is 9.96. The molecular weight excluding hydrogens is 270 g/mol. The third-order valence-corrected chi connectivity index (χ3v) is 2.84. The van der Waals surface area contributed by atoms with E-state index in [1.54, 1.807) is 0 Å². The SMILES string of the molecule is O=c1[nH]c(=O)c2[nH]c(Cc3c(F)cccc3F)nc2[nH]1. The van der Waals surface area contributed by atoms with Gasteiger partial charge in [0.1, 0.15) is 23.0 Å². The number of nitrogens with one attached hydrogen (secondary N) is 3. The normalized spacial score (nSPS) is 11.1. The summed E-state index contributed by atoms with van der Waals surface area (Å²) in [6.45, 7) is 0. The third-order valence-electron chi connectivity index (χ3n) is 2.84. The molecule has 1 aromatic carbocycles. The van der Waals surface area contributed by atoms with Crippen LogP contribution >= 0.6 is 0 Å². The maximum absolute atomic E-state index is 13.5. The second kappa shape index (κ2) is 4.41. The Labute approximate surface area is 109 Å². The first-order valence-electron chi connectivity index (χ1n) is 5.68. The van der Waals surface area contributed by atoms with Gasteiger partial charge in [-0.1, -0.05) is 6.07 Å². The molecule has 0 amide bonds. The molecule has 0 bridgehead atoms. The monoisotopic (exact) mass is 278 g/mol. The van der Waals surface area contributed by atoms with Crippen molar-refractivity contribution in [2.45, 2.75) is 6.42 Å². The Morgan fingerprint density at radius 2 is 1.75 bits per heavy atom. The highest BCUT2D eigenvalue weighted by molar-refractivity contribution is 5.68. The molecule has 0 fully saturated rings. The Balaban J connectivity index is 2.10. The quantitative estimate of drug-likeness (QED) is 0.647. The van der Waals surface area contributed by atoms with E-state index >= 15 is 0 Å². The zero-order chi connectivity index (χ0) is 14.3. The van der Waals surface area contributed by atoms with E-state index < -0.39 is 22.9 Å². The van der Waals surface area contributed by atoms with E-state index in [-0.39, 0.29) is 29.0 Å². The molecule has 2 heterocycles. The van der Waals surface area contributed by atoms with Crippen molar-refractivity contribution < 1.29 is 8.78 Å². The summed E-state index contributed by atoms with van der Waals surface area (Å²) in [7, 11) is 0. The maximum atomic E-state index is 13.5. The second-order valence-electron chi connectivity index (χ2n) is 4.19. The molecule has 0 aliphatic heterocycles. The van der Waals surface area contributed by atoms with Crippen LogP contribution in [-0.4, -0.2) is 19.9 Å². The van der Waals surface area contributed by atoms with Crippen LogP contribution in [0.2, 0.25) is 0 Å². The largest absolute Gasteiger partial charge is 0.336 e. The fraction of sp³-hybridized carbons (Fsp3) is 0.0833. The number of hydrogen-bond donors (Lipinski definition) is 3. The molecule has 0 atom stereocenters. The van der Waals surface area contributed by atoms with E-state index in [1.807, 2.05) is 4.98 Å². The average molecular weight is 278 g/mol. The van der Waals surface area contributed by atoms with Gasteiger partial charge in [0.05, 0.1) is 0 Å². The summed E-state index contributed by atoms with van der Waals surface area (Å²) < 4.78 is 27.1. The van der Waals surface area contributed by atoms with Gasteiger partial charge < -0.3 is 4.98 Å². The van der Waals surface area contributed by atoms with Crippen LogP contribution in [-0.2, 0) is 6.42 Å². The molecule has 3 N–H and O–H groups in total. The minimum atomic E-state index is -0.701. The van der Waals surface area contributed by atoms with Gasteiger partial charge in [0.2, 0.25) is 0 Å². The lowest BCUT2D eigenvalue weighted by atomic mass is 10.1. The van der Waals surface area contributed by atoms with Crippen LogP contribution in [0.25, 0.3) is 11.2 Å². The number of imidazole rings is 1. The van der Waals surface area contributed by atoms with Crippen molar-refractivity contribution in [3.05, 3.63) is 62.1 Å². The molecule has 8 heteroatoms. The van der Waals surface area contributed by atoms with Crippen molar-refractivity contribution >= 4 is 11.2 Å². The molecule has 0 unspecified atom stereocenters. The molecule has 0 aliphatic rings. The topological polar surface area (TPSA) is 94.4 Å². The highest BCUT2D eigenvalue weighted by Gasteiger charge is 2.13. The Morgan fingerprint density at radius 3 is 2.45 bits per heavy atom. The highest BCUT2D eigenvalue weighted by atomic mass is 19.1. The molecule has 102 valence electrons. The van der Waals surface area contributed by atoms with Gasteiger partial charge in [-0.3, -0.25) is 14.8 Å². The van der Waals surface area contributed by atoms with Crippen molar-refractivity contribution in [1.82, 2.24) is 19.9 Å². The summed E-state index contributed by atoms with van der Waals surface area (Å²) in [5.74, 6) is -1.22. The molecule has 0 saturated carbocycles. The minimum Gasteiger partial charge on any atom is -0.336 e. The first kappa shape index (κ1) is 12.3. The number of H-pyrrole nitrogens is 3. The average Bonchev–Trinajstić information content (AvgIpc) is 2.77. The predicted molar refractivity (Wildman–Crippen MR) is 66.5 cm³/mol. The van der Waals surface area contributed by atoms with Crippen LogP contribution in [0, 0.1) is 11.6 Å². The smallest absolute Gasteiger partial charge is 0.327 e. The van der Waals surface area contributed by atoms with Gasteiger partial charge in [-0.15, -0.1) is 0 Å². The Hall–Kier alpha value is -2.77. The van der Waals surface area contributed by atoms with Crippen LogP contribution in [0.3, 0.4) is 0 Å². The van der Waals surface area contributed by atoms with Crippen LogP contribution in [0.15, 0.2) is 27.8 Å². The fourth-order valence-corrected chi connectivity index (χ4v) is 1.93. The van der Waals surface area contributed by atoms with E-state index in [4.69, 9.17) is 0 Å². The van der Waals surface area contributed by atoms with Crippen molar-refractivity contribution in [3.8, 4) is 0 Å². The van der Waals surface area contributed by atoms with E-state index in [2.05, 4.69) is 15.0 Å². The molecule has 0 saturated heterocycles. The molecule has 0 spiro atoms. The highest BCUT2D eigenvalue weighted by Crippen LogP contribution is 2.16. The number of hydrogen-bond acceptors (Lipinski definition) is 3. The van der Waals surface area contributed by atoms with Gasteiger partial charge in [-0.25, -0.2) is 18.6 Å². The van der Waals surface area contributed by atoms with E-state index in [9.17, 15) is 18.4 Å². The lowest BCUT2D eigenvalue weighted by Gasteiger charge is -2.01. The van der Waals surface area contributed by atoms with Crippen molar-refractivity contribution in [2.24, 2.45) is 0 Å². The van der Waals surface area contributed by atoms with Crippen LogP contribution in [0.5, 0.6) is 0 Å². The van der Waals surface area contributed by atoms with Gasteiger partial charge >= 0.3 is 5.69 Å². The Morgan fingerprint density at radius 1 is 1.05 bits per heavy atom. The molecular formula is C12H8F2N4O2. The molecule has 6 nitrogen and oxygen atoms in total. The first-order chi connectivity index (χ1) is 9.54. The Kier molecular flexibility index (Phi) is 2.70. The van der Waals surface area contributed by atoms with E-state index in [0.29, 0.717) is 0 Å². The fourth-order valence-electron chi connectivity index (χ4n) is 1.93. The molecule has 3 aromatic rings. The van der Waals surface area contributed by atoms with Gasteiger partial charge in [-0.05, 0) is 12.1 Å². The first-order valence-corrected chi connectivity index (χ1v) is 5.68. The number of fused-ring (bicyclic) bond motifs is 1. The van der Waals surface area contributed by atoms with Gasteiger partial charge in [-0.2, -0.15) is 0 Å². The summed E-state index contributed by atoms with van der Waals surface area (Å²) >= 11 is 0. The molecule has 3 rings (SSSR count). The molecule has 20 heavy (non-hydrogen) atoms. The van der Waals surface area contributed by atoms with Crippen molar-refractivity contribution in [1.29, 1.82) is 0 Å². The number of aromatic nitrogens is 4. The summed E-state index contributed by atoms with van der Waals surface area (Å²) in [4.78, 5) is 33.5. The number of halogens is 2. The zero-order valence-electron chi connectivity index (χ0n) is 9.96. The maximum Gasteiger partial charge on any atom is 0.327 e. The lowest BCUT2D eigenvalue weighted by Crippen LogP contribution is -2.21. The van der Waals surface area contributed by atoms with Gasteiger partial charge in [0.15, 0.2) is 5.65 Å². The summed E-state index contributed by atoms with van der Waals surface area (Å²) in [5, 5.41) is 0. The number of benzene rings is 1. The summed E-state index contributed by atoms with van der Waals surface area (Å²) in [6.07, 6.45) is -0.158. The van der Waals surface area contributed by atoms with Crippen LogP contribution < -0.4 is 11.2 Å².